The normalized spacial score (nSPS) is 16.5. The Bertz CT molecular complexity index is 498. The SMILES string of the molecule is CCNC(CCCS(C)(=O)=O)c1cc2c(s1)CCC2. The smallest absolute Gasteiger partial charge is 0.147 e. The number of fused-ring (bicyclic) bond motifs is 1. The van der Waals surface area contributed by atoms with Gasteiger partial charge in [0.15, 0.2) is 0 Å². The van der Waals surface area contributed by atoms with Gasteiger partial charge in [-0.2, -0.15) is 0 Å². The average molecular weight is 301 g/mol. The van der Waals surface area contributed by atoms with Crippen LogP contribution in [0.15, 0.2) is 6.07 Å². The van der Waals surface area contributed by atoms with Crippen LogP contribution in [0.2, 0.25) is 0 Å². The van der Waals surface area contributed by atoms with Crippen LogP contribution in [-0.4, -0.2) is 27.0 Å². The Labute approximate surface area is 120 Å². The summed E-state index contributed by atoms with van der Waals surface area (Å²) in [5, 5.41) is 3.49. The zero-order chi connectivity index (χ0) is 13.9. The van der Waals surface area contributed by atoms with Crippen molar-refractivity contribution in [2.45, 2.75) is 45.1 Å². The first-order chi connectivity index (χ1) is 8.99. The summed E-state index contributed by atoms with van der Waals surface area (Å²) in [6, 6.07) is 2.66. The number of nitrogens with one attached hydrogen (secondary N) is 1. The largest absolute Gasteiger partial charge is 0.310 e. The van der Waals surface area contributed by atoms with Crippen LogP contribution < -0.4 is 5.32 Å². The monoisotopic (exact) mass is 301 g/mol. The second-order valence-electron chi connectivity index (χ2n) is 5.33. The first-order valence-corrected chi connectivity index (χ1v) is 9.90. The maximum absolute atomic E-state index is 11.2. The van der Waals surface area contributed by atoms with Gasteiger partial charge >= 0.3 is 0 Å². The van der Waals surface area contributed by atoms with Crippen molar-refractivity contribution in [1.29, 1.82) is 0 Å². The Kier molecular flexibility index (Phi) is 5.03. The van der Waals surface area contributed by atoms with Gasteiger partial charge in [0.25, 0.3) is 0 Å². The van der Waals surface area contributed by atoms with E-state index in [1.807, 2.05) is 11.3 Å². The molecular weight excluding hydrogens is 278 g/mol. The van der Waals surface area contributed by atoms with E-state index in [9.17, 15) is 8.42 Å². The van der Waals surface area contributed by atoms with Gasteiger partial charge in [0, 0.05) is 27.8 Å². The van der Waals surface area contributed by atoms with E-state index in [2.05, 4.69) is 18.3 Å². The molecule has 1 aliphatic rings. The lowest BCUT2D eigenvalue weighted by Gasteiger charge is -2.16. The second kappa shape index (κ2) is 6.37. The van der Waals surface area contributed by atoms with Crippen molar-refractivity contribution in [2.24, 2.45) is 0 Å². The van der Waals surface area contributed by atoms with E-state index in [0.717, 1.165) is 19.4 Å². The Morgan fingerprint density at radius 2 is 2.21 bits per heavy atom. The van der Waals surface area contributed by atoms with Crippen LogP contribution >= 0.6 is 11.3 Å². The van der Waals surface area contributed by atoms with Crippen LogP contribution in [0, 0.1) is 0 Å². The number of hydrogen-bond acceptors (Lipinski definition) is 4. The van der Waals surface area contributed by atoms with E-state index < -0.39 is 9.84 Å². The molecule has 3 nitrogen and oxygen atoms in total. The predicted octanol–water partition coefficient (Wildman–Crippen LogP) is 2.71. The lowest BCUT2D eigenvalue weighted by Crippen LogP contribution is -2.20. The number of aryl methyl sites for hydroxylation is 2. The summed E-state index contributed by atoms with van der Waals surface area (Å²) in [5.74, 6) is 0.292. The van der Waals surface area contributed by atoms with Gasteiger partial charge in [-0.25, -0.2) is 8.42 Å². The molecule has 19 heavy (non-hydrogen) atoms. The molecule has 1 N–H and O–H groups in total. The van der Waals surface area contributed by atoms with E-state index in [0.29, 0.717) is 11.8 Å². The van der Waals surface area contributed by atoms with Crippen molar-refractivity contribution in [3.63, 3.8) is 0 Å². The fourth-order valence-corrected chi connectivity index (χ4v) is 4.72. The van der Waals surface area contributed by atoms with E-state index in [-0.39, 0.29) is 0 Å². The summed E-state index contributed by atoms with van der Waals surface area (Å²) in [5.41, 5.74) is 1.52. The lowest BCUT2D eigenvalue weighted by molar-refractivity contribution is 0.513. The third-order valence-electron chi connectivity index (χ3n) is 3.57. The van der Waals surface area contributed by atoms with Gasteiger partial charge in [0.1, 0.15) is 9.84 Å². The van der Waals surface area contributed by atoms with Gasteiger partial charge in [-0.3, -0.25) is 0 Å². The van der Waals surface area contributed by atoms with Crippen molar-refractivity contribution in [2.75, 3.05) is 18.6 Å². The number of sulfone groups is 1. The minimum Gasteiger partial charge on any atom is -0.310 e. The molecule has 0 saturated carbocycles. The number of thiophene rings is 1. The summed E-state index contributed by atoms with van der Waals surface area (Å²) in [4.78, 5) is 2.93. The Morgan fingerprint density at radius 3 is 2.84 bits per heavy atom. The summed E-state index contributed by atoms with van der Waals surface area (Å²) >= 11 is 1.92. The number of hydrogen-bond donors (Lipinski definition) is 1. The minimum atomic E-state index is -2.84. The van der Waals surface area contributed by atoms with E-state index in [1.165, 1.54) is 36.0 Å². The third kappa shape index (κ3) is 4.29. The van der Waals surface area contributed by atoms with Gasteiger partial charge < -0.3 is 5.32 Å². The summed E-state index contributed by atoms with van der Waals surface area (Å²) in [6.45, 7) is 3.02. The first-order valence-electron chi connectivity index (χ1n) is 7.02. The van der Waals surface area contributed by atoms with Gasteiger partial charge in [-0.1, -0.05) is 6.92 Å². The molecule has 1 heterocycles. The third-order valence-corrected chi connectivity index (χ3v) is 5.95. The molecule has 0 spiro atoms. The summed E-state index contributed by atoms with van der Waals surface area (Å²) in [7, 11) is -2.84. The van der Waals surface area contributed by atoms with E-state index >= 15 is 0 Å². The molecule has 1 unspecified atom stereocenters. The molecule has 0 radical (unpaired) electrons. The first kappa shape index (κ1) is 15.0. The van der Waals surface area contributed by atoms with Crippen LogP contribution in [0.1, 0.15) is 47.5 Å². The molecule has 2 rings (SSSR count). The molecule has 0 aromatic carbocycles. The standard InChI is InChI=1S/C14H23NO2S2/c1-3-15-12(7-5-9-19(2,16)17)14-10-11-6-4-8-13(11)18-14/h10,12,15H,3-9H2,1-2H3. The molecule has 0 saturated heterocycles. The summed E-state index contributed by atoms with van der Waals surface area (Å²) in [6.07, 6.45) is 6.69. The molecule has 1 aromatic rings. The Hall–Kier alpha value is -0.390. The highest BCUT2D eigenvalue weighted by Crippen LogP contribution is 2.35. The average Bonchev–Trinajstić information content (AvgIpc) is 2.86. The van der Waals surface area contributed by atoms with Crippen molar-refractivity contribution >= 4 is 21.2 Å². The zero-order valence-corrected chi connectivity index (χ0v) is 13.4. The molecular formula is C14H23NO2S2. The van der Waals surface area contributed by atoms with E-state index in [1.54, 1.807) is 4.88 Å². The fraction of sp³-hybridized carbons (Fsp3) is 0.714. The van der Waals surface area contributed by atoms with Crippen molar-refractivity contribution in [1.82, 2.24) is 5.32 Å². The van der Waals surface area contributed by atoms with Crippen LogP contribution in [0.5, 0.6) is 0 Å². The maximum atomic E-state index is 11.2. The van der Waals surface area contributed by atoms with Gasteiger partial charge in [0.2, 0.25) is 0 Å². The molecule has 1 atom stereocenters. The second-order valence-corrected chi connectivity index (χ2v) is 8.76. The molecule has 1 aliphatic carbocycles. The maximum Gasteiger partial charge on any atom is 0.147 e. The van der Waals surface area contributed by atoms with Crippen molar-refractivity contribution in [3.05, 3.63) is 21.4 Å². The molecule has 0 aliphatic heterocycles. The minimum absolute atomic E-state index is 0.292. The highest BCUT2D eigenvalue weighted by molar-refractivity contribution is 7.90. The van der Waals surface area contributed by atoms with Crippen LogP contribution in [-0.2, 0) is 22.7 Å². The highest BCUT2D eigenvalue weighted by Gasteiger charge is 2.19. The Morgan fingerprint density at radius 1 is 1.42 bits per heavy atom. The zero-order valence-electron chi connectivity index (χ0n) is 11.7. The molecule has 0 fully saturated rings. The number of rotatable bonds is 7. The fourth-order valence-electron chi connectivity index (χ4n) is 2.66. The molecule has 0 bridgehead atoms. The summed E-state index contributed by atoms with van der Waals surface area (Å²) < 4.78 is 22.4. The lowest BCUT2D eigenvalue weighted by atomic mass is 10.1. The van der Waals surface area contributed by atoms with Crippen molar-refractivity contribution < 1.29 is 8.42 Å². The quantitative estimate of drug-likeness (QED) is 0.842. The molecule has 1 aromatic heterocycles. The van der Waals surface area contributed by atoms with Crippen LogP contribution in [0.3, 0.4) is 0 Å². The molecule has 5 heteroatoms. The molecule has 108 valence electrons. The van der Waals surface area contributed by atoms with Gasteiger partial charge in [-0.05, 0) is 50.3 Å². The van der Waals surface area contributed by atoms with E-state index in [4.69, 9.17) is 0 Å². The van der Waals surface area contributed by atoms with Crippen molar-refractivity contribution in [3.8, 4) is 0 Å². The molecule has 0 amide bonds. The van der Waals surface area contributed by atoms with Gasteiger partial charge in [-0.15, -0.1) is 11.3 Å². The van der Waals surface area contributed by atoms with Crippen LogP contribution in [0.25, 0.3) is 0 Å². The Balaban J connectivity index is 1.98. The van der Waals surface area contributed by atoms with Crippen LogP contribution in [0.4, 0.5) is 0 Å². The predicted molar refractivity (Wildman–Crippen MR) is 81.7 cm³/mol. The highest BCUT2D eigenvalue weighted by atomic mass is 32.2. The van der Waals surface area contributed by atoms with Gasteiger partial charge in [0.05, 0.1) is 0 Å². The topological polar surface area (TPSA) is 46.2 Å².